The second kappa shape index (κ2) is 8.37. The fraction of sp³-hybridized carbons (Fsp3) is 0.263. The minimum Gasteiger partial charge on any atom is -0.342 e. The van der Waals surface area contributed by atoms with Crippen LogP contribution in [0.4, 0.5) is 14.5 Å². The van der Waals surface area contributed by atoms with Gasteiger partial charge in [-0.15, -0.1) is 0 Å². The summed E-state index contributed by atoms with van der Waals surface area (Å²) >= 11 is 0. The number of para-hydroxylation sites is 1. The lowest BCUT2D eigenvalue weighted by Gasteiger charge is -2.18. The lowest BCUT2D eigenvalue weighted by Crippen LogP contribution is -2.24. The molecule has 2 amide bonds. The zero-order valence-corrected chi connectivity index (χ0v) is 14.2. The first-order valence-electron chi connectivity index (χ1n) is 7.90. The van der Waals surface area contributed by atoms with Crippen molar-refractivity contribution in [2.75, 3.05) is 12.4 Å². The molecule has 2 rings (SSSR count). The number of halogens is 2. The monoisotopic (exact) mass is 346 g/mol. The van der Waals surface area contributed by atoms with Crippen molar-refractivity contribution in [2.45, 2.75) is 26.3 Å². The number of aryl methyl sites for hydroxylation is 1. The Morgan fingerprint density at radius 2 is 1.80 bits per heavy atom. The van der Waals surface area contributed by atoms with Crippen LogP contribution < -0.4 is 5.32 Å². The molecule has 0 aromatic heterocycles. The first kappa shape index (κ1) is 18.6. The van der Waals surface area contributed by atoms with Gasteiger partial charge in [-0.2, -0.15) is 0 Å². The molecule has 4 nitrogen and oxygen atoms in total. The first-order valence-corrected chi connectivity index (χ1v) is 7.90. The second-order valence-corrected chi connectivity index (χ2v) is 5.83. The molecular formula is C19H20F2N2O2. The van der Waals surface area contributed by atoms with Crippen LogP contribution in [0.1, 0.15) is 24.5 Å². The van der Waals surface area contributed by atoms with Gasteiger partial charge in [0.2, 0.25) is 11.8 Å². The molecule has 0 aliphatic heterocycles. The molecule has 25 heavy (non-hydrogen) atoms. The summed E-state index contributed by atoms with van der Waals surface area (Å²) < 4.78 is 26.1. The van der Waals surface area contributed by atoms with Crippen molar-refractivity contribution in [3.05, 3.63) is 65.2 Å². The topological polar surface area (TPSA) is 49.4 Å². The maximum Gasteiger partial charge on any atom is 0.224 e. The van der Waals surface area contributed by atoms with E-state index in [1.807, 2.05) is 12.1 Å². The molecule has 2 aromatic rings. The van der Waals surface area contributed by atoms with Gasteiger partial charge in [0.15, 0.2) is 11.6 Å². The van der Waals surface area contributed by atoms with Gasteiger partial charge >= 0.3 is 0 Å². The number of hydrogen-bond donors (Lipinski definition) is 1. The summed E-state index contributed by atoms with van der Waals surface area (Å²) in [6, 6.07) is 10.8. The molecule has 0 unspecified atom stereocenters. The Hall–Kier alpha value is -2.76. The summed E-state index contributed by atoms with van der Waals surface area (Å²) in [4.78, 5) is 25.1. The fourth-order valence-electron chi connectivity index (χ4n) is 2.31. The van der Waals surface area contributed by atoms with Gasteiger partial charge in [0.05, 0.1) is 0 Å². The van der Waals surface area contributed by atoms with E-state index in [1.54, 1.807) is 24.1 Å². The average Bonchev–Trinajstić information content (AvgIpc) is 2.57. The van der Waals surface area contributed by atoms with E-state index < -0.39 is 11.6 Å². The van der Waals surface area contributed by atoms with Crippen LogP contribution >= 0.6 is 0 Å². The highest BCUT2D eigenvalue weighted by Gasteiger charge is 2.11. The largest absolute Gasteiger partial charge is 0.342 e. The van der Waals surface area contributed by atoms with Crippen LogP contribution in [0, 0.1) is 11.6 Å². The molecule has 0 radical (unpaired) electrons. The zero-order chi connectivity index (χ0) is 18.4. The molecule has 6 heteroatoms. The molecular weight excluding hydrogens is 326 g/mol. The summed E-state index contributed by atoms with van der Waals surface area (Å²) in [5.74, 6) is -2.13. The van der Waals surface area contributed by atoms with Crippen LogP contribution in [-0.2, 0) is 22.6 Å². The second-order valence-electron chi connectivity index (χ2n) is 5.83. The van der Waals surface area contributed by atoms with E-state index in [1.165, 1.54) is 13.0 Å². The standard InChI is InChI=1S/C19H20F2N2O2/c1-13(24)23(2)12-15-5-3-4-6-18(15)22-19(25)10-8-14-7-9-16(20)17(21)11-14/h3-7,9,11H,8,10,12H2,1-2H3,(H,22,25). The van der Waals surface area contributed by atoms with Crippen molar-refractivity contribution in [2.24, 2.45) is 0 Å². The lowest BCUT2D eigenvalue weighted by atomic mass is 10.1. The average molecular weight is 346 g/mol. The Bertz CT molecular complexity index is 778. The Morgan fingerprint density at radius 1 is 1.08 bits per heavy atom. The third-order valence-electron chi connectivity index (χ3n) is 3.86. The normalized spacial score (nSPS) is 10.4. The van der Waals surface area contributed by atoms with E-state index in [2.05, 4.69) is 5.32 Å². The fourth-order valence-corrected chi connectivity index (χ4v) is 2.31. The van der Waals surface area contributed by atoms with Crippen LogP contribution in [0.15, 0.2) is 42.5 Å². The number of hydrogen-bond acceptors (Lipinski definition) is 2. The van der Waals surface area contributed by atoms with Crippen molar-refractivity contribution in [3.63, 3.8) is 0 Å². The molecule has 0 saturated heterocycles. The zero-order valence-electron chi connectivity index (χ0n) is 14.2. The Morgan fingerprint density at radius 3 is 2.48 bits per heavy atom. The molecule has 0 aliphatic rings. The Labute approximate surface area is 145 Å². The van der Waals surface area contributed by atoms with Crippen molar-refractivity contribution in [3.8, 4) is 0 Å². The molecule has 0 heterocycles. The first-order chi connectivity index (χ1) is 11.9. The summed E-state index contributed by atoms with van der Waals surface area (Å²) in [6.07, 6.45) is 0.445. The molecule has 0 atom stereocenters. The summed E-state index contributed by atoms with van der Waals surface area (Å²) in [5.41, 5.74) is 2.01. The van der Waals surface area contributed by atoms with Gasteiger partial charge in [-0.1, -0.05) is 24.3 Å². The maximum atomic E-state index is 13.2. The van der Waals surface area contributed by atoms with Crippen LogP contribution in [0.2, 0.25) is 0 Å². The van der Waals surface area contributed by atoms with Crippen LogP contribution in [-0.4, -0.2) is 23.8 Å². The molecule has 0 fully saturated rings. The van der Waals surface area contributed by atoms with E-state index in [4.69, 9.17) is 0 Å². The minimum absolute atomic E-state index is 0.0699. The van der Waals surface area contributed by atoms with Crippen LogP contribution in [0.5, 0.6) is 0 Å². The predicted octanol–water partition coefficient (Wildman–Crippen LogP) is 3.51. The number of carbonyl (C=O) groups is 2. The van der Waals surface area contributed by atoms with Gasteiger partial charge < -0.3 is 10.2 Å². The molecule has 0 spiro atoms. The third kappa shape index (κ3) is 5.38. The number of anilines is 1. The number of carbonyl (C=O) groups excluding carboxylic acids is 2. The summed E-state index contributed by atoms with van der Waals surface area (Å²) in [5, 5.41) is 2.81. The van der Waals surface area contributed by atoms with E-state index in [0.29, 0.717) is 24.2 Å². The summed E-state index contributed by atoms with van der Waals surface area (Å²) in [7, 11) is 1.68. The highest BCUT2D eigenvalue weighted by atomic mass is 19.2. The van der Waals surface area contributed by atoms with Crippen molar-refractivity contribution >= 4 is 17.5 Å². The number of amides is 2. The number of benzene rings is 2. The highest BCUT2D eigenvalue weighted by Crippen LogP contribution is 2.18. The molecule has 0 bridgehead atoms. The van der Waals surface area contributed by atoms with Crippen LogP contribution in [0.3, 0.4) is 0 Å². The number of rotatable bonds is 6. The van der Waals surface area contributed by atoms with Gasteiger partial charge in [0.1, 0.15) is 0 Å². The SMILES string of the molecule is CC(=O)N(C)Cc1ccccc1NC(=O)CCc1ccc(F)c(F)c1. The van der Waals surface area contributed by atoms with Crippen molar-refractivity contribution < 1.29 is 18.4 Å². The Balaban J connectivity index is 1.98. The van der Waals surface area contributed by atoms with Gasteiger partial charge in [0.25, 0.3) is 0 Å². The third-order valence-corrected chi connectivity index (χ3v) is 3.86. The number of nitrogens with one attached hydrogen (secondary N) is 1. The molecule has 0 aliphatic carbocycles. The smallest absolute Gasteiger partial charge is 0.224 e. The quantitative estimate of drug-likeness (QED) is 0.870. The van der Waals surface area contributed by atoms with Crippen molar-refractivity contribution in [1.29, 1.82) is 0 Å². The van der Waals surface area contributed by atoms with Gasteiger partial charge in [-0.25, -0.2) is 8.78 Å². The lowest BCUT2D eigenvalue weighted by molar-refractivity contribution is -0.128. The minimum atomic E-state index is -0.921. The van der Waals surface area contributed by atoms with E-state index >= 15 is 0 Å². The van der Waals surface area contributed by atoms with Gasteiger partial charge in [-0.05, 0) is 35.7 Å². The van der Waals surface area contributed by atoms with E-state index in [9.17, 15) is 18.4 Å². The molecule has 1 N–H and O–H groups in total. The van der Waals surface area contributed by atoms with E-state index in [0.717, 1.165) is 17.7 Å². The Kier molecular flexibility index (Phi) is 6.22. The molecule has 0 saturated carbocycles. The molecule has 132 valence electrons. The van der Waals surface area contributed by atoms with E-state index in [-0.39, 0.29) is 18.2 Å². The maximum absolute atomic E-state index is 13.2. The highest BCUT2D eigenvalue weighted by molar-refractivity contribution is 5.91. The van der Waals surface area contributed by atoms with Gasteiger partial charge in [-0.3, -0.25) is 9.59 Å². The summed E-state index contributed by atoms with van der Waals surface area (Å²) in [6.45, 7) is 1.86. The van der Waals surface area contributed by atoms with Crippen LogP contribution in [0.25, 0.3) is 0 Å². The number of nitrogens with zero attached hydrogens (tertiary/aromatic N) is 1. The van der Waals surface area contributed by atoms with Crippen molar-refractivity contribution in [1.82, 2.24) is 4.90 Å². The predicted molar refractivity (Wildman–Crippen MR) is 91.9 cm³/mol. The molecule has 2 aromatic carbocycles. The van der Waals surface area contributed by atoms with Gasteiger partial charge in [0, 0.05) is 32.6 Å².